The average molecular weight is 458 g/mol. The van der Waals surface area contributed by atoms with Crippen LogP contribution in [0.25, 0.3) is 0 Å². The van der Waals surface area contributed by atoms with Crippen LogP contribution in [0.4, 0.5) is 5.69 Å². The van der Waals surface area contributed by atoms with Crippen molar-refractivity contribution in [1.29, 1.82) is 0 Å². The van der Waals surface area contributed by atoms with Crippen LogP contribution in [0.5, 0.6) is 0 Å². The van der Waals surface area contributed by atoms with Gasteiger partial charge in [-0.15, -0.1) is 0 Å². The molecule has 2 aliphatic rings. The van der Waals surface area contributed by atoms with E-state index in [-0.39, 0.29) is 42.0 Å². The minimum Gasteiger partial charge on any atom is -0.399 e. The minimum absolute atomic E-state index is 0.0258. The second-order valence-electron chi connectivity index (χ2n) is 9.44. The highest BCUT2D eigenvalue weighted by molar-refractivity contribution is 6.01. The number of Topliss-reactive ketones (excluding diaryl/α,β-unsaturated/α-hetero) is 1. The minimum atomic E-state index is -0.770. The molecule has 0 bridgehead atoms. The Morgan fingerprint density at radius 1 is 1.12 bits per heavy atom. The Morgan fingerprint density at radius 3 is 2.39 bits per heavy atom. The maximum Gasteiger partial charge on any atom is 0.251 e. The first kappa shape index (κ1) is 24.7. The van der Waals surface area contributed by atoms with Crippen molar-refractivity contribution in [2.45, 2.75) is 70.6 Å². The molecule has 1 aromatic carbocycles. The predicted octanol–water partition coefficient (Wildman–Crippen LogP) is 0.922. The van der Waals surface area contributed by atoms with Crippen LogP contribution in [0.2, 0.25) is 0 Å². The molecule has 0 saturated carbocycles. The van der Waals surface area contributed by atoms with E-state index in [4.69, 9.17) is 11.5 Å². The maximum absolute atomic E-state index is 13.5. The standard InChI is InChI=1S/C24H35N5O4/c1-4-5-17(26)23(32)29-13-20(30)21-19(29)10-11-28(21)24(33)18(12-14(2)3)27-22(31)15-6-8-16(25)9-7-15/h6-9,14,17-19,21H,4-5,10-13,25-26H2,1-3H3,(H,27,31). The summed E-state index contributed by atoms with van der Waals surface area (Å²) in [4.78, 5) is 55.0. The third kappa shape index (κ3) is 5.35. The molecule has 0 radical (unpaired) electrons. The monoisotopic (exact) mass is 457 g/mol. The Kier molecular flexibility index (Phi) is 7.73. The summed E-state index contributed by atoms with van der Waals surface area (Å²) in [6, 6.07) is 4.03. The molecule has 9 nitrogen and oxygen atoms in total. The zero-order valence-electron chi connectivity index (χ0n) is 19.6. The van der Waals surface area contributed by atoms with Gasteiger partial charge in [-0.05, 0) is 49.4 Å². The number of nitrogens with zero attached hydrogens (tertiary/aromatic N) is 2. The van der Waals surface area contributed by atoms with Gasteiger partial charge >= 0.3 is 0 Å². The van der Waals surface area contributed by atoms with Gasteiger partial charge in [-0.2, -0.15) is 0 Å². The number of fused-ring (bicyclic) bond motifs is 1. The normalized spacial score (nSPS) is 21.8. The van der Waals surface area contributed by atoms with Crippen molar-refractivity contribution >= 4 is 29.2 Å². The van der Waals surface area contributed by atoms with Crippen LogP contribution in [0, 0.1) is 5.92 Å². The second-order valence-corrected chi connectivity index (χ2v) is 9.44. The van der Waals surface area contributed by atoms with Crippen LogP contribution in [-0.4, -0.2) is 70.6 Å². The van der Waals surface area contributed by atoms with Crippen molar-refractivity contribution in [3.63, 3.8) is 0 Å². The molecule has 180 valence electrons. The molecule has 3 rings (SSSR count). The molecule has 0 aromatic heterocycles. The van der Waals surface area contributed by atoms with Crippen molar-refractivity contribution < 1.29 is 19.2 Å². The van der Waals surface area contributed by atoms with Crippen molar-refractivity contribution in [3.05, 3.63) is 29.8 Å². The largest absolute Gasteiger partial charge is 0.399 e. The molecule has 0 spiro atoms. The lowest BCUT2D eigenvalue weighted by atomic mass is 10.0. The van der Waals surface area contributed by atoms with E-state index in [0.29, 0.717) is 37.1 Å². The van der Waals surface area contributed by atoms with Gasteiger partial charge in [0.15, 0.2) is 5.78 Å². The summed E-state index contributed by atoms with van der Waals surface area (Å²) in [6.45, 7) is 6.23. The van der Waals surface area contributed by atoms with E-state index < -0.39 is 18.1 Å². The molecule has 9 heteroatoms. The quantitative estimate of drug-likeness (QED) is 0.496. The lowest BCUT2D eigenvalue weighted by Gasteiger charge is -2.29. The van der Waals surface area contributed by atoms with Crippen LogP contribution < -0.4 is 16.8 Å². The molecule has 2 saturated heterocycles. The summed E-state index contributed by atoms with van der Waals surface area (Å²) in [5.41, 5.74) is 12.7. The summed E-state index contributed by atoms with van der Waals surface area (Å²) >= 11 is 0. The number of carbonyl (C=O) groups is 4. The number of anilines is 1. The lowest BCUT2D eigenvalue weighted by Crippen LogP contribution is -2.53. The first-order chi connectivity index (χ1) is 15.6. The fourth-order valence-corrected chi connectivity index (χ4v) is 4.77. The third-order valence-electron chi connectivity index (χ3n) is 6.39. The first-order valence-electron chi connectivity index (χ1n) is 11.7. The zero-order valence-corrected chi connectivity index (χ0v) is 19.6. The Labute approximate surface area is 194 Å². The fraction of sp³-hybridized carbons (Fsp3) is 0.583. The van der Waals surface area contributed by atoms with E-state index in [1.807, 2.05) is 20.8 Å². The van der Waals surface area contributed by atoms with Crippen LogP contribution >= 0.6 is 0 Å². The zero-order chi connectivity index (χ0) is 24.3. The van der Waals surface area contributed by atoms with E-state index in [1.165, 1.54) is 0 Å². The number of amides is 3. The Morgan fingerprint density at radius 2 is 1.79 bits per heavy atom. The molecule has 2 aliphatic heterocycles. The van der Waals surface area contributed by atoms with E-state index in [0.717, 1.165) is 6.42 Å². The molecule has 4 unspecified atom stereocenters. The molecule has 0 aliphatic carbocycles. The number of nitrogens with one attached hydrogen (secondary N) is 1. The average Bonchev–Trinajstić information content (AvgIpc) is 3.34. The van der Waals surface area contributed by atoms with Gasteiger partial charge < -0.3 is 26.6 Å². The third-order valence-corrected chi connectivity index (χ3v) is 6.39. The van der Waals surface area contributed by atoms with Crippen LogP contribution in [0.1, 0.15) is 56.8 Å². The number of likely N-dealkylation sites (tertiary alicyclic amines) is 2. The van der Waals surface area contributed by atoms with E-state index in [2.05, 4.69) is 5.32 Å². The summed E-state index contributed by atoms with van der Waals surface area (Å²) in [5.74, 6) is -0.905. The number of rotatable bonds is 8. The molecule has 3 amide bonds. The van der Waals surface area contributed by atoms with E-state index in [1.54, 1.807) is 34.1 Å². The molecular weight excluding hydrogens is 422 g/mol. The van der Waals surface area contributed by atoms with Gasteiger partial charge in [-0.1, -0.05) is 27.2 Å². The molecule has 1 aromatic rings. The first-order valence-corrected chi connectivity index (χ1v) is 11.7. The number of hydrogen-bond acceptors (Lipinski definition) is 6. The van der Waals surface area contributed by atoms with Gasteiger partial charge in [0.2, 0.25) is 11.8 Å². The molecule has 2 fully saturated rings. The van der Waals surface area contributed by atoms with Crippen molar-refractivity contribution in [2.24, 2.45) is 11.7 Å². The predicted molar refractivity (Wildman–Crippen MR) is 125 cm³/mol. The fourth-order valence-electron chi connectivity index (χ4n) is 4.77. The van der Waals surface area contributed by atoms with Gasteiger partial charge in [0.05, 0.1) is 18.6 Å². The summed E-state index contributed by atoms with van der Waals surface area (Å²) in [5, 5.41) is 2.84. The Hall–Kier alpha value is -2.94. The number of carbonyl (C=O) groups excluding carboxylic acids is 4. The maximum atomic E-state index is 13.5. The molecule has 33 heavy (non-hydrogen) atoms. The van der Waals surface area contributed by atoms with Crippen molar-refractivity contribution in [1.82, 2.24) is 15.1 Å². The molecule has 5 N–H and O–H groups in total. The summed E-state index contributed by atoms with van der Waals surface area (Å²) < 4.78 is 0. The molecule has 4 atom stereocenters. The van der Waals surface area contributed by atoms with Gasteiger partial charge in [-0.3, -0.25) is 19.2 Å². The van der Waals surface area contributed by atoms with Crippen LogP contribution in [0.15, 0.2) is 24.3 Å². The highest BCUT2D eigenvalue weighted by Crippen LogP contribution is 2.31. The smallest absolute Gasteiger partial charge is 0.251 e. The highest BCUT2D eigenvalue weighted by Gasteiger charge is 2.52. The number of nitrogens with two attached hydrogens (primary N) is 2. The Balaban J connectivity index is 1.75. The highest BCUT2D eigenvalue weighted by atomic mass is 16.2. The Bertz CT molecular complexity index is 901. The number of ketones is 1. The van der Waals surface area contributed by atoms with Crippen LogP contribution in [0.3, 0.4) is 0 Å². The van der Waals surface area contributed by atoms with E-state index in [9.17, 15) is 19.2 Å². The number of benzene rings is 1. The molecular formula is C24H35N5O4. The lowest BCUT2D eigenvalue weighted by molar-refractivity contribution is -0.138. The number of nitrogen functional groups attached to an aromatic ring is 1. The molecule has 2 heterocycles. The topological polar surface area (TPSA) is 139 Å². The van der Waals surface area contributed by atoms with Gasteiger partial charge in [0, 0.05) is 17.8 Å². The number of hydrogen-bond donors (Lipinski definition) is 3. The van der Waals surface area contributed by atoms with Crippen molar-refractivity contribution in [2.75, 3.05) is 18.8 Å². The SMILES string of the molecule is CCCC(N)C(=O)N1CC(=O)C2C1CCN2C(=O)C(CC(C)C)NC(=O)c1ccc(N)cc1. The van der Waals surface area contributed by atoms with E-state index >= 15 is 0 Å². The second kappa shape index (κ2) is 10.3. The summed E-state index contributed by atoms with van der Waals surface area (Å²) in [6.07, 6.45) is 2.29. The van der Waals surface area contributed by atoms with Gasteiger partial charge in [-0.25, -0.2) is 0 Å². The van der Waals surface area contributed by atoms with Crippen molar-refractivity contribution in [3.8, 4) is 0 Å². The van der Waals surface area contributed by atoms with Gasteiger partial charge in [0.25, 0.3) is 5.91 Å². The van der Waals surface area contributed by atoms with Crippen LogP contribution in [-0.2, 0) is 14.4 Å². The van der Waals surface area contributed by atoms with Gasteiger partial charge in [0.1, 0.15) is 12.1 Å². The summed E-state index contributed by atoms with van der Waals surface area (Å²) in [7, 11) is 0.